The fraction of sp³-hybridized carbons (Fsp3) is 0.417. The third kappa shape index (κ3) is 4.27. The average Bonchev–Trinajstić information content (AvgIpc) is 3.17. The highest BCUT2D eigenvalue weighted by Gasteiger charge is 2.22. The first kappa shape index (κ1) is 21.7. The van der Waals surface area contributed by atoms with Gasteiger partial charge in [-0.3, -0.25) is 4.98 Å². The maximum Gasteiger partial charge on any atom is 0.141 e. The number of nitrogens with one attached hydrogen (secondary N) is 1. The lowest BCUT2D eigenvalue weighted by Crippen LogP contribution is -2.19. The Morgan fingerprint density at radius 3 is 2.61 bits per heavy atom. The monoisotopic (exact) mass is 440 g/mol. The summed E-state index contributed by atoms with van der Waals surface area (Å²) in [5.74, 6) is 2.73. The second kappa shape index (κ2) is 8.89. The lowest BCUT2D eigenvalue weighted by atomic mass is 10.0. The van der Waals surface area contributed by atoms with Crippen LogP contribution < -0.4 is 14.8 Å². The Morgan fingerprint density at radius 1 is 1.16 bits per heavy atom. The Labute approximate surface area is 188 Å². The fourth-order valence-electron chi connectivity index (χ4n) is 4.31. The van der Waals surface area contributed by atoms with Crippen molar-refractivity contribution in [1.82, 2.24) is 14.9 Å². The van der Waals surface area contributed by atoms with Crippen LogP contribution in [0.1, 0.15) is 17.7 Å². The smallest absolute Gasteiger partial charge is 0.141 e. The molecule has 1 aromatic carbocycles. The van der Waals surface area contributed by atoms with Crippen LogP contribution in [-0.4, -0.2) is 55.8 Å². The van der Waals surface area contributed by atoms with Gasteiger partial charge in [-0.25, -0.2) is 4.98 Å². The molecular formula is C24H29ClN4O2. The van der Waals surface area contributed by atoms with Crippen LogP contribution in [0.3, 0.4) is 0 Å². The van der Waals surface area contributed by atoms with Gasteiger partial charge < -0.3 is 19.7 Å². The zero-order valence-electron chi connectivity index (χ0n) is 18.8. The van der Waals surface area contributed by atoms with Gasteiger partial charge >= 0.3 is 0 Å². The van der Waals surface area contributed by atoms with Gasteiger partial charge in [0.2, 0.25) is 0 Å². The number of hydrogen-bond acceptors (Lipinski definition) is 6. The van der Waals surface area contributed by atoms with E-state index < -0.39 is 0 Å². The quantitative estimate of drug-likeness (QED) is 0.585. The third-order valence-electron chi connectivity index (χ3n) is 6.04. The van der Waals surface area contributed by atoms with Crippen LogP contribution in [0, 0.1) is 19.8 Å². The van der Waals surface area contributed by atoms with E-state index >= 15 is 0 Å². The van der Waals surface area contributed by atoms with E-state index in [0.717, 1.165) is 58.7 Å². The molecule has 0 saturated carbocycles. The SMILES string of the molecule is COc1cc(OC)c(Cl)c(-c2cc3cnc(C)cc3c(NCC3CCN(C)C3)n2)c1C. The van der Waals surface area contributed by atoms with Crippen LogP contribution in [0.4, 0.5) is 5.82 Å². The van der Waals surface area contributed by atoms with Crippen LogP contribution in [0.15, 0.2) is 24.4 Å². The van der Waals surface area contributed by atoms with Crippen molar-refractivity contribution >= 4 is 28.2 Å². The molecule has 6 nitrogen and oxygen atoms in total. The second-order valence-electron chi connectivity index (χ2n) is 8.30. The number of likely N-dealkylation sites (tertiary alicyclic amines) is 1. The lowest BCUT2D eigenvalue weighted by molar-refractivity contribution is 0.393. The fourth-order valence-corrected chi connectivity index (χ4v) is 4.68. The second-order valence-corrected chi connectivity index (χ2v) is 8.67. The Balaban J connectivity index is 1.83. The van der Waals surface area contributed by atoms with Gasteiger partial charge in [-0.15, -0.1) is 0 Å². The summed E-state index contributed by atoms with van der Waals surface area (Å²) in [6, 6.07) is 5.92. The van der Waals surface area contributed by atoms with Gasteiger partial charge in [0.15, 0.2) is 0 Å². The van der Waals surface area contributed by atoms with Gasteiger partial charge in [0.1, 0.15) is 17.3 Å². The summed E-state index contributed by atoms with van der Waals surface area (Å²) in [5, 5.41) is 6.21. The van der Waals surface area contributed by atoms with E-state index in [1.54, 1.807) is 14.2 Å². The van der Waals surface area contributed by atoms with Crippen LogP contribution in [0.25, 0.3) is 22.0 Å². The molecule has 0 aliphatic carbocycles. The minimum atomic E-state index is 0.524. The van der Waals surface area contributed by atoms with E-state index in [-0.39, 0.29) is 0 Å². The first-order valence-corrected chi connectivity index (χ1v) is 10.9. The molecule has 7 heteroatoms. The zero-order valence-corrected chi connectivity index (χ0v) is 19.5. The minimum Gasteiger partial charge on any atom is -0.496 e. The maximum atomic E-state index is 6.74. The predicted molar refractivity (Wildman–Crippen MR) is 127 cm³/mol. The molecule has 0 radical (unpaired) electrons. The van der Waals surface area contributed by atoms with Gasteiger partial charge in [-0.05, 0) is 51.9 Å². The van der Waals surface area contributed by atoms with E-state index in [1.165, 1.54) is 6.42 Å². The highest BCUT2D eigenvalue weighted by atomic mass is 35.5. The number of ether oxygens (including phenoxy) is 2. The van der Waals surface area contributed by atoms with E-state index in [4.69, 9.17) is 26.1 Å². The summed E-state index contributed by atoms with van der Waals surface area (Å²) in [4.78, 5) is 11.9. The molecule has 0 amide bonds. The molecule has 1 N–H and O–H groups in total. The molecule has 3 heterocycles. The Kier molecular flexibility index (Phi) is 6.21. The largest absolute Gasteiger partial charge is 0.496 e. The molecule has 1 saturated heterocycles. The topological polar surface area (TPSA) is 59.5 Å². The van der Waals surface area contributed by atoms with E-state index in [2.05, 4.69) is 28.3 Å². The Bertz CT molecular complexity index is 1090. The van der Waals surface area contributed by atoms with Crippen molar-refractivity contribution in [3.05, 3.63) is 40.7 Å². The van der Waals surface area contributed by atoms with Crippen molar-refractivity contribution in [1.29, 1.82) is 0 Å². The van der Waals surface area contributed by atoms with Gasteiger partial charge in [-0.2, -0.15) is 0 Å². The Hall–Kier alpha value is -2.57. The summed E-state index contributed by atoms with van der Waals surface area (Å²) >= 11 is 6.74. The molecule has 31 heavy (non-hydrogen) atoms. The molecule has 1 atom stereocenters. The molecule has 0 spiro atoms. The summed E-state index contributed by atoms with van der Waals surface area (Å²) in [5.41, 5.74) is 3.46. The van der Waals surface area contributed by atoms with Crippen molar-refractivity contribution in [3.63, 3.8) is 0 Å². The highest BCUT2D eigenvalue weighted by Crippen LogP contribution is 2.43. The van der Waals surface area contributed by atoms with Crippen molar-refractivity contribution in [3.8, 4) is 22.8 Å². The van der Waals surface area contributed by atoms with Crippen LogP contribution in [0.2, 0.25) is 5.02 Å². The van der Waals surface area contributed by atoms with Crippen LogP contribution in [0.5, 0.6) is 11.5 Å². The van der Waals surface area contributed by atoms with E-state index in [0.29, 0.717) is 22.4 Å². The van der Waals surface area contributed by atoms with Gasteiger partial charge in [-0.1, -0.05) is 11.6 Å². The lowest BCUT2D eigenvalue weighted by Gasteiger charge is -2.18. The van der Waals surface area contributed by atoms with Crippen molar-refractivity contribution in [2.75, 3.05) is 46.2 Å². The number of halogens is 1. The number of hydrogen-bond donors (Lipinski definition) is 1. The van der Waals surface area contributed by atoms with E-state index in [1.807, 2.05) is 32.2 Å². The summed E-state index contributed by atoms with van der Waals surface area (Å²) < 4.78 is 11.1. The van der Waals surface area contributed by atoms with Crippen LogP contribution >= 0.6 is 11.6 Å². The Morgan fingerprint density at radius 2 is 1.94 bits per heavy atom. The molecule has 4 rings (SSSR count). The van der Waals surface area contributed by atoms with Crippen LogP contribution in [-0.2, 0) is 0 Å². The first-order valence-electron chi connectivity index (χ1n) is 10.5. The molecule has 1 aliphatic rings. The molecule has 164 valence electrons. The number of anilines is 1. The van der Waals surface area contributed by atoms with Gasteiger partial charge in [0, 0.05) is 52.9 Å². The minimum absolute atomic E-state index is 0.524. The number of rotatable bonds is 6. The number of aryl methyl sites for hydroxylation is 1. The number of fused-ring (bicyclic) bond motifs is 1. The van der Waals surface area contributed by atoms with Crippen molar-refractivity contribution < 1.29 is 9.47 Å². The number of pyridine rings is 2. The molecule has 1 fully saturated rings. The number of aromatic nitrogens is 2. The molecule has 1 aliphatic heterocycles. The number of nitrogens with zero attached hydrogens (tertiary/aromatic N) is 3. The predicted octanol–water partition coefficient (Wildman–Crippen LogP) is 4.95. The summed E-state index contributed by atoms with van der Waals surface area (Å²) in [6.07, 6.45) is 3.09. The standard InChI is InChI=1S/C24H29ClN4O2/c1-14-8-18-17(12-26-14)9-19(28-24(18)27-11-16-6-7-29(3)13-16)22-15(2)20(30-4)10-21(31-5)23(22)25/h8-10,12,16H,6-7,11,13H2,1-5H3,(H,27,28). The molecular weight excluding hydrogens is 412 g/mol. The molecule has 3 aromatic rings. The van der Waals surface area contributed by atoms with Gasteiger partial charge in [0.05, 0.1) is 24.9 Å². The average molecular weight is 441 g/mol. The molecule has 2 aromatic heterocycles. The third-order valence-corrected chi connectivity index (χ3v) is 6.41. The summed E-state index contributed by atoms with van der Waals surface area (Å²) in [6.45, 7) is 7.11. The molecule has 1 unspecified atom stereocenters. The highest BCUT2D eigenvalue weighted by molar-refractivity contribution is 6.35. The number of benzene rings is 1. The summed E-state index contributed by atoms with van der Waals surface area (Å²) in [7, 11) is 5.42. The molecule has 0 bridgehead atoms. The normalized spacial score (nSPS) is 16.6. The van der Waals surface area contributed by atoms with E-state index in [9.17, 15) is 0 Å². The zero-order chi connectivity index (χ0) is 22.1. The van der Waals surface area contributed by atoms with Crippen molar-refractivity contribution in [2.45, 2.75) is 20.3 Å². The van der Waals surface area contributed by atoms with Gasteiger partial charge in [0.25, 0.3) is 0 Å². The first-order chi connectivity index (χ1) is 14.9. The number of methoxy groups -OCH3 is 2. The van der Waals surface area contributed by atoms with Crippen molar-refractivity contribution in [2.24, 2.45) is 5.92 Å². The maximum absolute atomic E-state index is 6.74.